The highest BCUT2D eigenvalue weighted by Gasteiger charge is 2.38. The summed E-state index contributed by atoms with van der Waals surface area (Å²) < 4.78 is 10.1. The summed E-state index contributed by atoms with van der Waals surface area (Å²) in [6, 6.07) is 8.42. The number of carboxylic acid groups (broad SMARTS) is 1. The van der Waals surface area contributed by atoms with Gasteiger partial charge in [-0.1, -0.05) is 31.9 Å². The number of fused-ring (bicyclic) bond motifs is 1. The molecule has 0 radical (unpaired) electrons. The summed E-state index contributed by atoms with van der Waals surface area (Å²) >= 11 is 0. The van der Waals surface area contributed by atoms with Gasteiger partial charge in [-0.15, -0.1) is 0 Å². The van der Waals surface area contributed by atoms with Gasteiger partial charge in [0.1, 0.15) is 11.4 Å². The molecule has 0 saturated carbocycles. The van der Waals surface area contributed by atoms with Crippen LogP contribution in [0.15, 0.2) is 36.5 Å². The molecule has 1 aliphatic rings. The van der Waals surface area contributed by atoms with Crippen molar-refractivity contribution in [2.24, 2.45) is 0 Å². The SMILES string of the molecule is CCCC[C@H]1Cc2cc(OC)ccc2[C@H](c2ccc(C(=O)OC)nc2)N1C(=O)O. The molecule has 0 bridgehead atoms. The number of amides is 1. The summed E-state index contributed by atoms with van der Waals surface area (Å²) in [7, 11) is 2.92. The Bertz CT molecular complexity index is 881. The monoisotopic (exact) mass is 398 g/mol. The zero-order chi connectivity index (χ0) is 21.0. The standard InChI is InChI=1S/C22H26N2O5/c1-4-5-6-16-11-15-12-17(28-2)8-9-18(15)20(24(16)22(26)27)14-7-10-19(23-13-14)21(25)29-3/h7-10,12-13,16,20H,4-6,11H2,1-3H3,(H,26,27)/t16-,20-/m0/s1. The van der Waals surface area contributed by atoms with Crippen LogP contribution in [0.5, 0.6) is 5.75 Å². The zero-order valence-corrected chi connectivity index (χ0v) is 16.9. The molecule has 1 N–H and O–H groups in total. The smallest absolute Gasteiger partial charge is 0.408 e. The molecule has 1 aromatic heterocycles. The summed E-state index contributed by atoms with van der Waals surface area (Å²) in [6.07, 6.45) is 3.96. The molecular weight excluding hydrogens is 372 g/mol. The molecule has 0 fully saturated rings. The van der Waals surface area contributed by atoms with Gasteiger partial charge in [-0.2, -0.15) is 0 Å². The van der Waals surface area contributed by atoms with Crippen molar-refractivity contribution in [1.29, 1.82) is 0 Å². The van der Waals surface area contributed by atoms with Crippen molar-refractivity contribution in [1.82, 2.24) is 9.88 Å². The van der Waals surface area contributed by atoms with Gasteiger partial charge in [-0.25, -0.2) is 14.6 Å². The average Bonchev–Trinajstić information content (AvgIpc) is 2.75. The Kier molecular flexibility index (Phi) is 6.36. The number of methoxy groups -OCH3 is 2. The maximum atomic E-state index is 12.3. The molecule has 0 aliphatic carbocycles. The summed E-state index contributed by atoms with van der Waals surface area (Å²) in [6.45, 7) is 2.10. The number of ether oxygens (including phenoxy) is 2. The summed E-state index contributed by atoms with van der Waals surface area (Å²) in [5.41, 5.74) is 2.89. The van der Waals surface area contributed by atoms with Crippen LogP contribution >= 0.6 is 0 Å². The first kappa shape index (κ1) is 20.6. The number of nitrogens with zero attached hydrogens (tertiary/aromatic N) is 2. The maximum absolute atomic E-state index is 12.3. The Hall–Kier alpha value is -3.09. The minimum absolute atomic E-state index is 0.141. The molecule has 1 amide bonds. The van der Waals surface area contributed by atoms with Crippen molar-refractivity contribution in [3.05, 3.63) is 58.9 Å². The molecule has 7 heteroatoms. The first-order chi connectivity index (χ1) is 14.0. The maximum Gasteiger partial charge on any atom is 0.408 e. The normalized spacial score (nSPS) is 18.1. The zero-order valence-electron chi connectivity index (χ0n) is 16.9. The summed E-state index contributed by atoms with van der Waals surface area (Å²) in [4.78, 5) is 29.7. The molecule has 0 unspecified atom stereocenters. The van der Waals surface area contributed by atoms with Crippen LogP contribution in [0.3, 0.4) is 0 Å². The fourth-order valence-electron chi connectivity index (χ4n) is 3.95. The van der Waals surface area contributed by atoms with Crippen LogP contribution < -0.4 is 4.74 Å². The Labute approximate surface area is 170 Å². The van der Waals surface area contributed by atoms with Gasteiger partial charge in [0.2, 0.25) is 0 Å². The number of carbonyl (C=O) groups is 2. The molecule has 1 aliphatic heterocycles. The molecule has 2 aromatic rings. The van der Waals surface area contributed by atoms with Gasteiger partial charge in [0, 0.05) is 12.2 Å². The van der Waals surface area contributed by atoms with Gasteiger partial charge < -0.3 is 14.6 Å². The van der Waals surface area contributed by atoms with E-state index in [-0.39, 0.29) is 11.7 Å². The molecule has 0 spiro atoms. The quantitative estimate of drug-likeness (QED) is 0.738. The number of hydrogen-bond donors (Lipinski definition) is 1. The number of rotatable bonds is 6. The van der Waals surface area contributed by atoms with Crippen molar-refractivity contribution >= 4 is 12.1 Å². The number of unbranched alkanes of at least 4 members (excludes halogenated alkanes) is 1. The van der Waals surface area contributed by atoms with Crippen LogP contribution in [0.25, 0.3) is 0 Å². The minimum atomic E-state index is -0.963. The number of benzene rings is 1. The molecule has 0 saturated heterocycles. The Morgan fingerprint density at radius 2 is 2.03 bits per heavy atom. The highest BCUT2D eigenvalue weighted by atomic mass is 16.5. The van der Waals surface area contributed by atoms with Gasteiger partial charge in [-0.3, -0.25) is 4.90 Å². The van der Waals surface area contributed by atoms with Gasteiger partial charge in [0.25, 0.3) is 0 Å². The number of carbonyl (C=O) groups excluding carboxylic acids is 1. The average molecular weight is 398 g/mol. The second-order valence-electron chi connectivity index (χ2n) is 7.13. The minimum Gasteiger partial charge on any atom is -0.497 e. The lowest BCUT2D eigenvalue weighted by Crippen LogP contribution is -2.47. The molecule has 1 aromatic carbocycles. The van der Waals surface area contributed by atoms with Crippen molar-refractivity contribution in [2.75, 3.05) is 14.2 Å². The van der Waals surface area contributed by atoms with Crippen molar-refractivity contribution in [3.63, 3.8) is 0 Å². The van der Waals surface area contributed by atoms with E-state index in [1.807, 2.05) is 18.2 Å². The Balaban J connectivity index is 2.09. The fraction of sp³-hybridized carbons (Fsp3) is 0.409. The van der Waals surface area contributed by atoms with E-state index in [9.17, 15) is 14.7 Å². The van der Waals surface area contributed by atoms with E-state index in [0.29, 0.717) is 12.0 Å². The number of hydrogen-bond acceptors (Lipinski definition) is 5. The van der Waals surface area contributed by atoms with E-state index >= 15 is 0 Å². The first-order valence-electron chi connectivity index (χ1n) is 9.72. The molecule has 7 nitrogen and oxygen atoms in total. The third-order valence-corrected chi connectivity index (χ3v) is 5.38. The second-order valence-corrected chi connectivity index (χ2v) is 7.13. The molecular formula is C22H26N2O5. The van der Waals surface area contributed by atoms with Gasteiger partial charge in [-0.05, 0) is 47.7 Å². The van der Waals surface area contributed by atoms with Crippen molar-refractivity contribution in [3.8, 4) is 5.75 Å². The largest absolute Gasteiger partial charge is 0.497 e. The van der Waals surface area contributed by atoms with E-state index in [2.05, 4.69) is 11.9 Å². The van der Waals surface area contributed by atoms with E-state index in [1.165, 1.54) is 12.0 Å². The predicted molar refractivity (Wildman–Crippen MR) is 107 cm³/mol. The third-order valence-electron chi connectivity index (χ3n) is 5.38. The van der Waals surface area contributed by atoms with Gasteiger partial charge >= 0.3 is 12.1 Å². The van der Waals surface area contributed by atoms with Crippen LogP contribution in [0.1, 0.15) is 59.4 Å². The van der Waals surface area contributed by atoms with E-state index < -0.39 is 18.1 Å². The fourth-order valence-corrected chi connectivity index (χ4v) is 3.95. The van der Waals surface area contributed by atoms with Gasteiger partial charge in [0.05, 0.1) is 20.3 Å². The molecule has 2 heterocycles. The van der Waals surface area contributed by atoms with Crippen LogP contribution in [0.4, 0.5) is 4.79 Å². The highest BCUT2D eigenvalue weighted by molar-refractivity contribution is 5.87. The number of pyridine rings is 1. The molecule has 154 valence electrons. The van der Waals surface area contributed by atoms with Crippen molar-refractivity contribution < 1.29 is 24.2 Å². The lowest BCUT2D eigenvalue weighted by atomic mass is 9.83. The summed E-state index contributed by atoms with van der Waals surface area (Å²) in [5.74, 6) is 0.223. The van der Waals surface area contributed by atoms with Gasteiger partial charge in [0.15, 0.2) is 0 Å². The first-order valence-corrected chi connectivity index (χ1v) is 9.72. The number of esters is 1. The van der Waals surface area contributed by atoms with Crippen molar-refractivity contribution in [2.45, 2.75) is 44.7 Å². The lowest BCUT2D eigenvalue weighted by molar-refractivity contribution is 0.0593. The molecule has 2 atom stereocenters. The highest BCUT2D eigenvalue weighted by Crippen LogP contribution is 2.40. The Morgan fingerprint density at radius 3 is 2.62 bits per heavy atom. The van der Waals surface area contributed by atoms with Crippen LogP contribution in [0.2, 0.25) is 0 Å². The Morgan fingerprint density at radius 1 is 1.24 bits per heavy atom. The van der Waals surface area contributed by atoms with Crippen LogP contribution in [-0.4, -0.2) is 47.3 Å². The van der Waals surface area contributed by atoms with E-state index in [4.69, 9.17) is 9.47 Å². The summed E-state index contributed by atoms with van der Waals surface area (Å²) in [5, 5.41) is 10.1. The lowest BCUT2D eigenvalue weighted by Gasteiger charge is -2.42. The molecule has 29 heavy (non-hydrogen) atoms. The third kappa shape index (κ3) is 4.18. The second kappa shape index (κ2) is 8.94. The molecule has 3 rings (SSSR count). The topological polar surface area (TPSA) is 89.0 Å². The van der Waals surface area contributed by atoms with Crippen LogP contribution in [-0.2, 0) is 11.2 Å². The number of aromatic nitrogens is 1. The van der Waals surface area contributed by atoms with E-state index in [0.717, 1.165) is 36.1 Å². The van der Waals surface area contributed by atoms with Crippen LogP contribution in [0, 0.1) is 0 Å². The van der Waals surface area contributed by atoms with E-state index in [1.54, 1.807) is 25.4 Å². The predicted octanol–water partition coefficient (Wildman–Crippen LogP) is 4.06.